The van der Waals surface area contributed by atoms with Crippen LogP contribution in [0, 0.1) is 0 Å². The van der Waals surface area contributed by atoms with Gasteiger partial charge in [-0.05, 0) is 122 Å². The van der Waals surface area contributed by atoms with E-state index in [9.17, 15) is 28.9 Å². The summed E-state index contributed by atoms with van der Waals surface area (Å²) in [6, 6.07) is 0. The number of phosphoric ester groups is 1. The van der Waals surface area contributed by atoms with Crippen molar-refractivity contribution in [2.45, 2.75) is 303 Å². The molecule has 0 saturated carbocycles. The fourth-order valence-corrected chi connectivity index (χ4v) is 9.72. The quantitative estimate of drug-likeness (QED) is 0.0197. The molecule has 0 aromatic heterocycles. The zero-order valence-electron chi connectivity index (χ0n) is 52.4. The number of hydrogen-bond donors (Lipinski definition) is 2. The van der Waals surface area contributed by atoms with Gasteiger partial charge in [0.15, 0.2) is 6.10 Å². The second-order valence-corrected chi connectivity index (χ2v) is 23.3. The van der Waals surface area contributed by atoms with Crippen LogP contribution in [0.1, 0.15) is 290 Å². The van der Waals surface area contributed by atoms with E-state index in [1.54, 1.807) is 0 Å². The molecule has 3 atom stereocenters. The summed E-state index contributed by atoms with van der Waals surface area (Å²) in [5.41, 5.74) is 0. The van der Waals surface area contributed by atoms with Crippen LogP contribution in [0.3, 0.4) is 0 Å². The fourth-order valence-electron chi connectivity index (χ4n) is 8.94. The van der Waals surface area contributed by atoms with Gasteiger partial charge in [-0.3, -0.25) is 23.4 Å². The lowest BCUT2D eigenvalue weighted by Gasteiger charge is -2.21. The number of rotatable bonds is 61. The Labute approximate surface area is 502 Å². The van der Waals surface area contributed by atoms with Crippen molar-refractivity contribution < 1.29 is 52.2 Å². The average Bonchev–Trinajstić information content (AvgIpc) is 3.47. The number of ether oxygens (including phenoxy) is 3. The maximum absolute atomic E-state index is 13.0. The van der Waals surface area contributed by atoms with Crippen LogP contribution in [0.5, 0.6) is 0 Å². The summed E-state index contributed by atoms with van der Waals surface area (Å²) in [7, 11) is -4.77. The van der Waals surface area contributed by atoms with Crippen molar-refractivity contribution in [2.75, 3.05) is 26.4 Å². The van der Waals surface area contributed by atoms with E-state index in [0.29, 0.717) is 19.3 Å². The third kappa shape index (κ3) is 61.0. The van der Waals surface area contributed by atoms with Crippen molar-refractivity contribution in [3.05, 3.63) is 97.2 Å². The number of unbranched alkanes of at least 4 members (excludes halogenated alkanes) is 28. The highest BCUT2D eigenvalue weighted by Gasteiger charge is 2.28. The summed E-state index contributed by atoms with van der Waals surface area (Å²) in [4.78, 5) is 48.8. The molecule has 2 N–H and O–H groups in total. The Kier molecular flexibility index (Phi) is 60.6. The van der Waals surface area contributed by atoms with Crippen molar-refractivity contribution >= 4 is 25.7 Å². The molecule has 0 aliphatic rings. The molecule has 82 heavy (non-hydrogen) atoms. The van der Waals surface area contributed by atoms with Gasteiger partial charge in [0.2, 0.25) is 0 Å². The fraction of sp³-hybridized carbons (Fsp3) is 0.729. The number of esters is 3. The zero-order chi connectivity index (χ0) is 59.8. The van der Waals surface area contributed by atoms with Crippen LogP contribution < -0.4 is 0 Å². The third-order valence-corrected chi connectivity index (χ3v) is 14.9. The van der Waals surface area contributed by atoms with E-state index in [-0.39, 0.29) is 25.9 Å². The smallest absolute Gasteiger partial charge is 0.462 e. The van der Waals surface area contributed by atoms with Crippen molar-refractivity contribution in [3.63, 3.8) is 0 Å². The Hall–Kier alpha value is -3.60. The van der Waals surface area contributed by atoms with Gasteiger partial charge in [-0.2, -0.15) is 0 Å². The maximum Gasteiger partial charge on any atom is 0.472 e. The van der Waals surface area contributed by atoms with Crippen molar-refractivity contribution in [1.29, 1.82) is 0 Å². The van der Waals surface area contributed by atoms with Crippen LogP contribution in [0.25, 0.3) is 0 Å². The molecule has 0 aromatic rings. The number of aliphatic hydroxyl groups excluding tert-OH is 1. The van der Waals surface area contributed by atoms with Crippen LogP contribution in [0.2, 0.25) is 0 Å². The monoisotopic (exact) mass is 1170 g/mol. The van der Waals surface area contributed by atoms with Crippen LogP contribution in [-0.2, 0) is 42.2 Å². The van der Waals surface area contributed by atoms with Crippen molar-refractivity contribution in [3.8, 4) is 0 Å². The molecule has 0 radical (unpaired) electrons. The Morgan fingerprint density at radius 3 is 1.01 bits per heavy atom. The number of hydrogen-bond acceptors (Lipinski definition) is 10. The number of aliphatic hydroxyl groups is 1. The van der Waals surface area contributed by atoms with Gasteiger partial charge in [-0.15, -0.1) is 0 Å². The van der Waals surface area contributed by atoms with Gasteiger partial charge in [-0.25, -0.2) is 4.57 Å². The number of carbonyl (C=O) groups excluding carboxylic acids is 3. The molecular weight excluding hydrogens is 1050 g/mol. The van der Waals surface area contributed by atoms with E-state index < -0.39 is 57.8 Å². The van der Waals surface area contributed by atoms with Crippen LogP contribution in [0.4, 0.5) is 0 Å². The predicted molar refractivity (Wildman–Crippen MR) is 344 cm³/mol. The molecule has 472 valence electrons. The topological polar surface area (TPSA) is 155 Å². The van der Waals surface area contributed by atoms with Gasteiger partial charge in [-0.1, -0.05) is 246 Å². The summed E-state index contributed by atoms with van der Waals surface area (Å²) in [5.74, 6) is -1.50. The first-order chi connectivity index (χ1) is 40.2. The number of allylic oxidation sites excluding steroid dienone is 16. The van der Waals surface area contributed by atoms with Gasteiger partial charge < -0.3 is 24.2 Å². The molecule has 0 bridgehead atoms. The van der Waals surface area contributed by atoms with E-state index in [4.69, 9.17) is 23.3 Å². The van der Waals surface area contributed by atoms with Crippen LogP contribution >= 0.6 is 7.82 Å². The van der Waals surface area contributed by atoms with Crippen molar-refractivity contribution in [1.82, 2.24) is 0 Å². The Balaban J connectivity index is 4.75. The standard InChI is InChI=1S/C70H121O11P/c1-4-7-10-13-16-19-22-25-28-31-33-36-38-41-44-47-50-53-56-59-68(72)77-63-67(81-70(74)61-58-55-52-49-46-43-40-37-34-32-29-26-23-20-17-14-11-8-5-2)65-79-82(75,76)78-64-66(62-71)80-69(73)60-57-54-51-48-45-42-39-35-30-27-24-21-18-15-12-9-6-3/h7,10,16-17,19-20,25-30,33-34,36-37,66-67,71H,4-6,8-9,11-15,18,21-24,31-32,35,38-65H2,1-3H3,(H,75,76)/b10-7-,19-16-,20-17-,28-25-,29-26-,30-27-,36-33-,37-34-. The molecule has 0 heterocycles. The Bertz CT molecular complexity index is 1750. The molecule has 12 heteroatoms. The summed E-state index contributed by atoms with van der Waals surface area (Å²) in [6.45, 7) is 4.50. The number of phosphoric acid groups is 1. The molecule has 0 rings (SSSR count). The summed E-state index contributed by atoms with van der Waals surface area (Å²) < 4.78 is 39.7. The Morgan fingerprint density at radius 1 is 0.354 bits per heavy atom. The van der Waals surface area contributed by atoms with E-state index in [1.165, 1.54) is 89.9 Å². The molecule has 0 spiro atoms. The highest BCUT2D eigenvalue weighted by atomic mass is 31.2. The third-order valence-electron chi connectivity index (χ3n) is 14.0. The number of carbonyl (C=O) groups is 3. The maximum atomic E-state index is 13.0. The normalized spacial score (nSPS) is 13.9. The SMILES string of the molecule is CC/C=C\C/C=C\C/C=C\C/C=C\CCCCCCCCC(=O)OCC(COP(=O)(O)OCC(CO)OC(=O)CCCCCCCCC/C=C\CCCCCCCC)OC(=O)CCCCCCCC/C=C\C/C=C\C/C=C\CCCCC. The molecular formula is C70H121O11P. The lowest BCUT2D eigenvalue weighted by molar-refractivity contribution is -0.161. The molecule has 0 saturated heterocycles. The second kappa shape index (κ2) is 63.4. The van der Waals surface area contributed by atoms with E-state index >= 15 is 0 Å². The van der Waals surface area contributed by atoms with Gasteiger partial charge in [0, 0.05) is 19.3 Å². The van der Waals surface area contributed by atoms with Gasteiger partial charge in [0.25, 0.3) is 0 Å². The molecule has 0 aliphatic carbocycles. The minimum Gasteiger partial charge on any atom is -0.462 e. The van der Waals surface area contributed by atoms with E-state index in [0.717, 1.165) is 141 Å². The highest BCUT2D eigenvalue weighted by molar-refractivity contribution is 7.47. The first-order valence-electron chi connectivity index (χ1n) is 33.1. The highest BCUT2D eigenvalue weighted by Crippen LogP contribution is 2.43. The average molecular weight is 1170 g/mol. The first kappa shape index (κ1) is 78.4. The summed E-state index contributed by atoms with van der Waals surface area (Å²) in [5, 5.41) is 9.87. The largest absolute Gasteiger partial charge is 0.472 e. The van der Waals surface area contributed by atoms with Gasteiger partial charge in [0.05, 0.1) is 19.8 Å². The zero-order valence-corrected chi connectivity index (χ0v) is 53.3. The van der Waals surface area contributed by atoms with Crippen LogP contribution in [0.15, 0.2) is 97.2 Å². The Morgan fingerprint density at radius 2 is 0.634 bits per heavy atom. The minimum atomic E-state index is -4.77. The molecule has 3 unspecified atom stereocenters. The molecule has 0 aromatic carbocycles. The molecule has 11 nitrogen and oxygen atoms in total. The minimum absolute atomic E-state index is 0.146. The van der Waals surface area contributed by atoms with E-state index in [1.807, 2.05) is 0 Å². The molecule has 0 aliphatic heterocycles. The summed E-state index contributed by atoms with van der Waals surface area (Å²) >= 11 is 0. The van der Waals surface area contributed by atoms with Gasteiger partial charge in [0.1, 0.15) is 12.7 Å². The predicted octanol–water partition coefficient (Wildman–Crippen LogP) is 20.4. The molecule has 0 amide bonds. The summed E-state index contributed by atoms with van der Waals surface area (Å²) in [6.07, 6.45) is 76.3. The van der Waals surface area contributed by atoms with Crippen molar-refractivity contribution in [2.24, 2.45) is 0 Å². The first-order valence-corrected chi connectivity index (χ1v) is 34.6. The lowest BCUT2D eigenvalue weighted by Crippen LogP contribution is -2.30. The van der Waals surface area contributed by atoms with Crippen LogP contribution in [-0.4, -0.2) is 66.5 Å². The lowest BCUT2D eigenvalue weighted by atomic mass is 10.1. The molecule has 0 fully saturated rings. The second-order valence-electron chi connectivity index (χ2n) is 21.9. The van der Waals surface area contributed by atoms with Gasteiger partial charge >= 0.3 is 25.7 Å². The van der Waals surface area contributed by atoms with E-state index in [2.05, 4.69) is 118 Å².